The van der Waals surface area contributed by atoms with Crippen LogP contribution >= 0.6 is 0 Å². The van der Waals surface area contributed by atoms with E-state index in [1.165, 1.54) is 0 Å². The van der Waals surface area contributed by atoms with Gasteiger partial charge < -0.3 is 15.0 Å². The molecule has 0 bridgehead atoms. The summed E-state index contributed by atoms with van der Waals surface area (Å²) in [7, 11) is 4.04. The van der Waals surface area contributed by atoms with E-state index in [0.717, 1.165) is 30.9 Å². The van der Waals surface area contributed by atoms with Gasteiger partial charge in [0.05, 0.1) is 5.56 Å². The van der Waals surface area contributed by atoms with Crippen LogP contribution in [0.4, 0.5) is 5.82 Å². The summed E-state index contributed by atoms with van der Waals surface area (Å²) in [6.45, 7) is 6.50. The Morgan fingerprint density at radius 1 is 1.29 bits per heavy atom. The molecule has 0 amide bonds. The van der Waals surface area contributed by atoms with Crippen LogP contribution in [-0.4, -0.2) is 48.7 Å². The molecule has 1 aromatic rings. The number of rotatable bonds is 7. The van der Waals surface area contributed by atoms with E-state index >= 15 is 0 Å². The van der Waals surface area contributed by atoms with Gasteiger partial charge in [0.15, 0.2) is 0 Å². The molecule has 96 valence electrons. The zero-order valence-corrected chi connectivity index (χ0v) is 11.2. The molecule has 0 saturated heterocycles. The smallest absolute Gasteiger partial charge is 0.221 e. The van der Waals surface area contributed by atoms with Gasteiger partial charge in [-0.15, -0.1) is 0 Å². The third-order valence-electron chi connectivity index (χ3n) is 2.38. The first-order chi connectivity index (χ1) is 8.19. The van der Waals surface area contributed by atoms with Crippen molar-refractivity contribution in [2.24, 2.45) is 0 Å². The summed E-state index contributed by atoms with van der Waals surface area (Å²) in [5.74, 6) is 1.57. The van der Waals surface area contributed by atoms with E-state index < -0.39 is 0 Å². The van der Waals surface area contributed by atoms with Gasteiger partial charge in [0.2, 0.25) is 5.88 Å². The molecular formula is C12H22N4O. The van der Waals surface area contributed by atoms with Crippen LogP contribution in [0.25, 0.3) is 0 Å². The summed E-state index contributed by atoms with van der Waals surface area (Å²) < 4.78 is 5.69. The van der Waals surface area contributed by atoms with Crippen molar-refractivity contribution in [3.8, 4) is 5.88 Å². The second-order valence-electron chi connectivity index (χ2n) is 4.04. The van der Waals surface area contributed by atoms with E-state index in [1.54, 1.807) is 6.33 Å². The Labute approximate surface area is 103 Å². The highest BCUT2D eigenvalue weighted by Crippen LogP contribution is 2.22. The molecule has 1 aromatic heterocycles. The van der Waals surface area contributed by atoms with E-state index in [-0.39, 0.29) is 0 Å². The highest BCUT2D eigenvalue weighted by Gasteiger charge is 2.10. The van der Waals surface area contributed by atoms with Crippen LogP contribution in [0.15, 0.2) is 6.33 Å². The van der Waals surface area contributed by atoms with Crippen molar-refractivity contribution in [2.75, 3.05) is 39.1 Å². The van der Waals surface area contributed by atoms with E-state index in [0.29, 0.717) is 12.5 Å². The maximum atomic E-state index is 5.69. The minimum Gasteiger partial charge on any atom is -0.476 e. The van der Waals surface area contributed by atoms with Gasteiger partial charge in [0, 0.05) is 13.1 Å². The summed E-state index contributed by atoms with van der Waals surface area (Å²) >= 11 is 0. The van der Waals surface area contributed by atoms with Crippen LogP contribution in [0, 0.1) is 0 Å². The van der Waals surface area contributed by atoms with Gasteiger partial charge in [0.25, 0.3) is 0 Å². The van der Waals surface area contributed by atoms with Crippen molar-refractivity contribution in [3.63, 3.8) is 0 Å². The molecule has 0 spiro atoms. The first-order valence-corrected chi connectivity index (χ1v) is 6.04. The van der Waals surface area contributed by atoms with Crippen molar-refractivity contribution in [3.05, 3.63) is 11.9 Å². The SMILES string of the molecule is CCNc1ncnc(OCCN(C)C)c1CC. The fourth-order valence-electron chi connectivity index (χ4n) is 1.48. The highest BCUT2D eigenvalue weighted by molar-refractivity contribution is 5.48. The average Bonchev–Trinajstić information content (AvgIpc) is 2.29. The minimum atomic E-state index is 0.641. The Hall–Kier alpha value is -1.36. The van der Waals surface area contributed by atoms with Crippen molar-refractivity contribution < 1.29 is 4.74 Å². The van der Waals surface area contributed by atoms with Gasteiger partial charge in [0.1, 0.15) is 18.8 Å². The van der Waals surface area contributed by atoms with Crippen molar-refractivity contribution in [1.82, 2.24) is 14.9 Å². The standard InChI is InChI=1S/C12H22N4O/c1-5-10-11(13-6-2)14-9-15-12(10)17-8-7-16(3)4/h9H,5-8H2,1-4H3,(H,13,14,15). The maximum Gasteiger partial charge on any atom is 0.221 e. The van der Waals surface area contributed by atoms with Crippen molar-refractivity contribution in [2.45, 2.75) is 20.3 Å². The van der Waals surface area contributed by atoms with Crippen LogP contribution in [0.2, 0.25) is 0 Å². The highest BCUT2D eigenvalue weighted by atomic mass is 16.5. The topological polar surface area (TPSA) is 50.3 Å². The lowest BCUT2D eigenvalue weighted by atomic mass is 10.2. The Morgan fingerprint density at radius 2 is 2.06 bits per heavy atom. The van der Waals surface area contributed by atoms with Gasteiger partial charge in [-0.3, -0.25) is 0 Å². The molecule has 0 fully saturated rings. The third kappa shape index (κ3) is 4.19. The number of ether oxygens (including phenoxy) is 1. The Bertz CT molecular complexity index is 341. The van der Waals surface area contributed by atoms with Gasteiger partial charge in [-0.05, 0) is 27.4 Å². The fourth-order valence-corrected chi connectivity index (χ4v) is 1.48. The first-order valence-electron chi connectivity index (χ1n) is 6.04. The molecular weight excluding hydrogens is 216 g/mol. The molecule has 0 saturated carbocycles. The summed E-state index contributed by atoms with van der Waals surface area (Å²) in [6, 6.07) is 0. The van der Waals surface area contributed by atoms with E-state index in [2.05, 4.69) is 27.1 Å². The fraction of sp³-hybridized carbons (Fsp3) is 0.667. The molecule has 1 heterocycles. The summed E-state index contributed by atoms with van der Waals surface area (Å²) in [6.07, 6.45) is 2.41. The van der Waals surface area contributed by atoms with Crippen LogP contribution in [0.5, 0.6) is 5.88 Å². The molecule has 5 heteroatoms. The van der Waals surface area contributed by atoms with Crippen LogP contribution in [0.1, 0.15) is 19.4 Å². The zero-order chi connectivity index (χ0) is 12.7. The second-order valence-corrected chi connectivity index (χ2v) is 4.04. The number of nitrogens with one attached hydrogen (secondary N) is 1. The quantitative estimate of drug-likeness (QED) is 0.778. The molecule has 1 N–H and O–H groups in total. The van der Waals surface area contributed by atoms with Gasteiger partial charge in [-0.1, -0.05) is 6.92 Å². The number of likely N-dealkylation sites (N-methyl/N-ethyl adjacent to an activating group) is 1. The minimum absolute atomic E-state index is 0.641. The molecule has 0 aromatic carbocycles. The predicted molar refractivity (Wildman–Crippen MR) is 69.6 cm³/mol. The molecule has 1 rings (SSSR count). The van der Waals surface area contributed by atoms with Crippen LogP contribution in [0.3, 0.4) is 0 Å². The normalized spacial score (nSPS) is 10.6. The monoisotopic (exact) mass is 238 g/mol. The molecule has 17 heavy (non-hydrogen) atoms. The van der Waals surface area contributed by atoms with Gasteiger partial charge in [-0.2, -0.15) is 0 Å². The van der Waals surface area contributed by atoms with Crippen molar-refractivity contribution in [1.29, 1.82) is 0 Å². The Kier molecular flexibility index (Phi) is 5.69. The largest absolute Gasteiger partial charge is 0.476 e. The number of anilines is 1. The van der Waals surface area contributed by atoms with Gasteiger partial charge in [-0.25, -0.2) is 9.97 Å². The van der Waals surface area contributed by atoms with E-state index in [9.17, 15) is 0 Å². The lowest BCUT2D eigenvalue weighted by molar-refractivity contribution is 0.251. The Balaban J connectivity index is 2.73. The van der Waals surface area contributed by atoms with Gasteiger partial charge >= 0.3 is 0 Å². The molecule has 0 atom stereocenters. The first kappa shape index (κ1) is 13.7. The summed E-state index contributed by atoms with van der Waals surface area (Å²) in [5, 5.41) is 3.23. The number of hydrogen-bond donors (Lipinski definition) is 1. The molecule has 0 aliphatic heterocycles. The van der Waals surface area contributed by atoms with Crippen LogP contribution in [-0.2, 0) is 6.42 Å². The zero-order valence-electron chi connectivity index (χ0n) is 11.2. The lowest BCUT2D eigenvalue weighted by Gasteiger charge is -2.14. The third-order valence-corrected chi connectivity index (χ3v) is 2.38. The maximum absolute atomic E-state index is 5.69. The lowest BCUT2D eigenvalue weighted by Crippen LogP contribution is -2.20. The van der Waals surface area contributed by atoms with E-state index in [4.69, 9.17) is 4.74 Å². The van der Waals surface area contributed by atoms with E-state index in [1.807, 2.05) is 21.0 Å². The molecule has 0 unspecified atom stereocenters. The average molecular weight is 238 g/mol. The van der Waals surface area contributed by atoms with Crippen molar-refractivity contribution >= 4 is 5.82 Å². The number of nitrogens with zero attached hydrogens (tertiary/aromatic N) is 3. The second kappa shape index (κ2) is 7.06. The molecule has 0 aliphatic carbocycles. The predicted octanol–water partition coefficient (Wildman–Crippen LogP) is 1.41. The molecule has 0 aliphatic rings. The molecule has 5 nitrogen and oxygen atoms in total. The number of hydrogen-bond acceptors (Lipinski definition) is 5. The number of aromatic nitrogens is 2. The summed E-state index contributed by atoms with van der Waals surface area (Å²) in [5.41, 5.74) is 1.05. The Morgan fingerprint density at radius 3 is 2.65 bits per heavy atom. The van der Waals surface area contributed by atoms with Crippen LogP contribution < -0.4 is 10.1 Å². The summed E-state index contributed by atoms with van der Waals surface area (Å²) in [4.78, 5) is 10.5. The molecule has 0 radical (unpaired) electrons.